The molecule has 0 saturated carbocycles. The molecule has 0 heterocycles. The summed E-state index contributed by atoms with van der Waals surface area (Å²) in [4.78, 5) is 60.1. The number of amides is 3. The second kappa shape index (κ2) is 13.6. The van der Waals surface area contributed by atoms with E-state index in [9.17, 15) is 29.1 Å². The molecule has 0 aromatic rings. The van der Waals surface area contributed by atoms with Crippen LogP contribution in [0, 0.1) is 11.8 Å². The number of aliphatic carboxylic acids is 2. The summed E-state index contributed by atoms with van der Waals surface area (Å²) in [5.74, 6) is -5.50. The van der Waals surface area contributed by atoms with Gasteiger partial charge < -0.3 is 37.0 Å². The fourth-order valence-corrected chi connectivity index (χ4v) is 2.69. The van der Waals surface area contributed by atoms with Crippen LogP contribution >= 0.6 is 0 Å². The molecular weight excluding hydrogens is 424 g/mol. The third kappa shape index (κ3) is 9.60. The van der Waals surface area contributed by atoms with E-state index in [0.29, 0.717) is 6.42 Å². The molecule has 0 aliphatic heterocycles. The van der Waals surface area contributed by atoms with Gasteiger partial charge in [0.25, 0.3) is 0 Å². The van der Waals surface area contributed by atoms with Crippen LogP contribution in [0.3, 0.4) is 0 Å². The van der Waals surface area contributed by atoms with Gasteiger partial charge in [-0.15, -0.1) is 0 Å². The molecule has 0 aromatic carbocycles. The SMILES string of the molecule is CCC(C)C(NC(=O)C(N)C(C)C)C(=O)NC(CCC(=O)O)C(=O)NC(C(=O)O)C(C)O. The largest absolute Gasteiger partial charge is 0.481 e. The summed E-state index contributed by atoms with van der Waals surface area (Å²) in [5, 5.41) is 34.7. The molecule has 0 rings (SSSR count). The van der Waals surface area contributed by atoms with Gasteiger partial charge in [0, 0.05) is 6.42 Å². The normalized spacial score (nSPS) is 16.8. The van der Waals surface area contributed by atoms with Gasteiger partial charge in [-0.1, -0.05) is 34.1 Å². The Morgan fingerprint density at radius 1 is 0.844 bits per heavy atom. The first-order valence-corrected chi connectivity index (χ1v) is 10.5. The number of rotatable bonds is 14. The number of carboxylic acid groups (broad SMARTS) is 2. The Bertz CT molecular complexity index is 683. The second-order valence-corrected chi connectivity index (χ2v) is 8.20. The van der Waals surface area contributed by atoms with Crippen molar-refractivity contribution in [1.29, 1.82) is 0 Å². The number of carbonyl (C=O) groups is 5. The molecule has 0 aliphatic carbocycles. The minimum Gasteiger partial charge on any atom is -0.481 e. The highest BCUT2D eigenvalue weighted by molar-refractivity contribution is 5.94. The van der Waals surface area contributed by atoms with Gasteiger partial charge in [-0.25, -0.2) is 4.79 Å². The van der Waals surface area contributed by atoms with Crippen LogP contribution in [-0.2, 0) is 24.0 Å². The second-order valence-electron chi connectivity index (χ2n) is 8.20. The molecule has 0 spiro atoms. The predicted octanol–water partition coefficient (Wildman–Crippen LogP) is -1.20. The van der Waals surface area contributed by atoms with Gasteiger partial charge in [0.2, 0.25) is 17.7 Å². The average molecular weight is 461 g/mol. The Kier molecular flexibility index (Phi) is 12.5. The van der Waals surface area contributed by atoms with E-state index in [-0.39, 0.29) is 18.3 Å². The van der Waals surface area contributed by atoms with E-state index < -0.39 is 66.4 Å². The zero-order valence-electron chi connectivity index (χ0n) is 19.1. The van der Waals surface area contributed by atoms with E-state index in [2.05, 4.69) is 16.0 Å². The van der Waals surface area contributed by atoms with Crippen molar-refractivity contribution in [3.8, 4) is 0 Å². The number of carboxylic acids is 2. The Morgan fingerprint density at radius 3 is 1.78 bits per heavy atom. The minimum atomic E-state index is -1.65. The lowest BCUT2D eigenvalue weighted by molar-refractivity contribution is -0.145. The molecule has 0 bridgehead atoms. The third-order valence-electron chi connectivity index (χ3n) is 5.14. The Hall–Kier alpha value is -2.73. The summed E-state index contributed by atoms with van der Waals surface area (Å²) >= 11 is 0. The van der Waals surface area contributed by atoms with Crippen molar-refractivity contribution in [3.05, 3.63) is 0 Å². The van der Waals surface area contributed by atoms with E-state index in [1.54, 1.807) is 27.7 Å². The lowest BCUT2D eigenvalue weighted by Gasteiger charge is -2.28. The summed E-state index contributed by atoms with van der Waals surface area (Å²) < 4.78 is 0. The van der Waals surface area contributed by atoms with Crippen LogP contribution in [0.2, 0.25) is 0 Å². The average Bonchev–Trinajstić information content (AvgIpc) is 2.70. The fraction of sp³-hybridized carbons (Fsp3) is 0.750. The molecule has 12 heteroatoms. The molecule has 12 nitrogen and oxygen atoms in total. The summed E-state index contributed by atoms with van der Waals surface area (Å²) in [5.41, 5.74) is 5.84. The van der Waals surface area contributed by atoms with Crippen molar-refractivity contribution < 1.29 is 39.3 Å². The van der Waals surface area contributed by atoms with Crippen LogP contribution in [0.4, 0.5) is 0 Å². The molecule has 32 heavy (non-hydrogen) atoms. The maximum Gasteiger partial charge on any atom is 0.328 e. The predicted molar refractivity (Wildman–Crippen MR) is 114 cm³/mol. The minimum absolute atomic E-state index is 0.182. The van der Waals surface area contributed by atoms with Crippen molar-refractivity contribution in [3.63, 3.8) is 0 Å². The molecule has 0 radical (unpaired) electrons. The molecule has 0 aliphatic rings. The van der Waals surface area contributed by atoms with Gasteiger partial charge in [-0.3, -0.25) is 19.2 Å². The molecule has 0 fully saturated rings. The van der Waals surface area contributed by atoms with Gasteiger partial charge in [0.05, 0.1) is 12.1 Å². The molecule has 8 N–H and O–H groups in total. The highest BCUT2D eigenvalue weighted by atomic mass is 16.4. The van der Waals surface area contributed by atoms with Crippen LogP contribution in [0.15, 0.2) is 0 Å². The van der Waals surface area contributed by atoms with Crippen molar-refractivity contribution in [1.82, 2.24) is 16.0 Å². The van der Waals surface area contributed by atoms with E-state index in [1.807, 2.05) is 0 Å². The van der Waals surface area contributed by atoms with Crippen LogP contribution in [-0.4, -0.2) is 75.3 Å². The molecule has 6 unspecified atom stereocenters. The van der Waals surface area contributed by atoms with E-state index in [4.69, 9.17) is 15.9 Å². The van der Waals surface area contributed by atoms with E-state index in [0.717, 1.165) is 6.92 Å². The zero-order valence-corrected chi connectivity index (χ0v) is 19.1. The summed E-state index contributed by atoms with van der Waals surface area (Å²) in [6, 6.07) is -4.96. The van der Waals surface area contributed by atoms with Gasteiger partial charge in [0.15, 0.2) is 6.04 Å². The van der Waals surface area contributed by atoms with Crippen LogP contribution in [0.25, 0.3) is 0 Å². The van der Waals surface area contributed by atoms with Crippen molar-refractivity contribution >= 4 is 29.7 Å². The highest BCUT2D eigenvalue weighted by Crippen LogP contribution is 2.11. The number of nitrogens with one attached hydrogen (secondary N) is 3. The topological polar surface area (TPSA) is 208 Å². The maximum atomic E-state index is 12.9. The van der Waals surface area contributed by atoms with Gasteiger partial charge in [-0.2, -0.15) is 0 Å². The maximum absolute atomic E-state index is 12.9. The molecular formula is C20H36N4O8. The quantitative estimate of drug-likeness (QED) is 0.166. The van der Waals surface area contributed by atoms with Crippen LogP contribution in [0.1, 0.15) is 53.9 Å². The number of aliphatic hydroxyl groups excluding tert-OH is 1. The molecule has 0 saturated heterocycles. The van der Waals surface area contributed by atoms with Gasteiger partial charge >= 0.3 is 11.9 Å². The summed E-state index contributed by atoms with van der Waals surface area (Å²) in [6.07, 6.45) is -1.74. The number of hydrogen-bond donors (Lipinski definition) is 7. The molecule has 0 aromatic heterocycles. The number of hydrogen-bond acceptors (Lipinski definition) is 7. The fourth-order valence-electron chi connectivity index (χ4n) is 2.69. The van der Waals surface area contributed by atoms with Crippen LogP contribution < -0.4 is 21.7 Å². The first kappa shape index (κ1) is 29.3. The molecule has 184 valence electrons. The lowest BCUT2D eigenvalue weighted by atomic mass is 9.96. The lowest BCUT2D eigenvalue weighted by Crippen LogP contribution is -2.59. The number of aliphatic hydroxyl groups is 1. The molecule has 3 amide bonds. The van der Waals surface area contributed by atoms with Crippen molar-refractivity contribution in [2.24, 2.45) is 17.6 Å². The number of carbonyl (C=O) groups excluding carboxylic acids is 3. The standard InChI is InChI=1S/C20H36N4O8/c1-6-10(4)15(23-18(29)14(21)9(2)3)19(30)22-12(7-8-13(26)27)17(28)24-16(11(5)25)20(31)32/h9-12,14-16,25H,6-8,21H2,1-5H3,(H,22,30)(H,23,29)(H,24,28)(H,26,27)(H,31,32). The van der Waals surface area contributed by atoms with Gasteiger partial charge in [-0.05, 0) is 25.2 Å². The van der Waals surface area contributed by atoms with Crippen LogP contribution in [0.5, 0.6) is 0 Å². The highest BCUT2D eigenvalue weighted by Gasteiger charge is 2.33. The first-order chi connectivity index (χ1) is 14.7. The summed E-state index contributed by atoms with van der Waals surface area (Å²) in [7, 11) is 0. The first-order valence-electron chi connectivity index (χ1n) is 10.5. The van der Waals surface area contributed by atoms with E-state index in [1.165, 1.54) is 0 Å². The van der Waals surface area contributed by atoms with E-state index >= 15 is 0 Å². The Labute approximate surface area is 187 Å². The van der Waals surface area contributed by atoms with Crippen molar-refractivity contribution in [2.75, 3.05) is 0 Å². The monoisotopic (exact) mass is 460 g/mol. The Morgan fingerprint density at radius 2 is 1.38 bits per heavy atom. The Balaban J connectivity index is 5.63. The molecule has 6 atom stereocenters. The zero-order chi connectivity index (χ0) is 25.2. The number of nitrogens with two attached hydrogens (primary N) is 1. The summed E-state index contributed by atoms with van der Waals surface area (Å²) in [6.45, 7) is 8.17. The third-order valence-corrected chi connectivity index (χ3v) is 5.14. The smallest absolute Gasteiger partial charge is 0.328 e. The van der Waals surface area contributed by atoms with Crippen molar-refractivity contribution in [2.45, 2.75) is 84.2 Å². The van der Waals surface area contributed by atoms with Gasteiger partial charge in [0.1, 0.15) is 12.1 Å².